The van der Waals surface area contributed by atoms with Crippen molar-refractivity contribution < 1.29 is 9.59 Å². The molecule has 0 radical (unpaired) electrons. The SMILES string of the molecule is O=CC(=O)C1NC(I)c2ccccc21. The molecule has 1 aliphatic heterocycles. The van der Waals surface area contributed by atoms with Gasteiger partial charge in [-0.2, -0.15) is 0 Å². The van der Waals surface area contributed by atoms with Gasteiger partial charge in [-0.05, 0) is 11.1 Å². The molecule has 2 unspecified atom stereocenters. The maximum atomic E-state index is 11.3. The van der Waals surface area contributed by atoms with Gasteiger partial charge in [0.25, 0.3) is 0 Å². The third kappa shape index (κ3) is 1.48. The third-order valence-corrected chi connectivity index (χ3v) is 3.32. The van der Waals surface area contributed by atoms with Crippen LogP contribution in [0.3, 0.4) is 0 Å². The van der Waals surface area contributed by atoms with Gasteiger partial charge in [-0.15, -0.1) is 0 Å². The van der Waals surface area contributed by atoms with Gasteiger partial charge < -0.3 is 0 Å². The van der Waals surface area contributed by atoms with Crippen molar-refractivity contribution in [1.82, 2.24) is 5.32 Å². The van der Waals surface area contributed by atoms with Crippen LogP contribution in [0.2, 0.25) is 0 Å². The number of fused-ring (bicyclic) bond motifs is 1. The molecule has 2 atom stereocenters. The number of hydrogen-bond donors (Lipinski definition) is 1. The Morgan fingerprint density at radius 2 is 2.00 bits per heavy atom. The molecule has 0 fully saturated rings. The predicted molar refractivity (Wildman–Crippen MR) is 60.2 cm³/mol. The number of aldehydes is 1. The van der Waals surface area contributed by atoms with Crippen molar-refractivity contribution in [2.75, 3.05) is 0 Å². The van der Waals surface area contributed by atoms with Gasteiger partial charge in [0.2, 0.25) is 5.78 Å². The number of ketones is 1. The standard InChI is InChI=1S/C10H8INO2/c11-10-7-4-2-1-3-6(7)9(12-10)8(14)5-13/h1-5,9-10,12H. The zero-order chi connectivity index (χ0) is 10.1. The van der Waals surface area contributed by atoms with Gasteiger partial charge in [0.1, 0.15) is 6.04 Å². The summed E-state index contributed by atoms with van der Waals surface area (Å²) in [6.45, 7) is 0. The van der Waals surface area contributed by atoms with Crippen LogP contribution in [0.4, 0.5) is 0 Å². The number of carbonyl (C=O) groups excluding carboxylic acids is 2. The first kappa shape index (κ1) is 9.79. The number of hydrogen-bond acceptors (Lipinski definition) is 3. The average molecular weight is 301 g/mol. The Hall–Kier alpha value is -0.750. The topological polar surface area (TPSA) is 46.2 Å². The molecular weight excluding hydrogens is 293 g/mol. The molecule has 1 aromatic carbocycles. The molecule has 1 N–H and O–H groups in total. The molecule has 2 rings (SSSR count). The highest BCUT2D eigenvalue weighted by Crippen LogP contribution is 2.36. The van der Waals surface area contributed by atoms with Crippen LogP contribution in [0.15, 0.2) is 24.3 Å². The highest BCUT2D eigenvalue weighted by Gasteiger charge is 2.32. The Morgan fingerprint density at radius 3 is 2.64 bits per heavy atom. The largest absolute Gasteiger partial charge is 0.295 e. The van der Waals surface area contributed by atoms with Crippen LogP contribution in [0.1, 0.15) is 21.2 Å². The Labute approximate surface area is 95.0 Å². The van der Waals surface area contributed by atoms with Crippen LogP contribution in [0.25, 0.3) is 0 Å². The van der Waals surface area contributed by atoms with E-state index in [1.165, 1.54) is 0 Å². The van der Waals surface area contributed by atoms with E-state index >= 15 is 0 Å². The minimum atomic E-state index is -0.453. The predicted octanol–water partition coefficient (Wildman–Crippen LogP) is 1.53. The van der Waals surface area contributed by atoms with E-state index in [-0.39, 0.29) is 4.05 Å². The molecule has 4 heteroatoms. The van der Waals surface area contributed by atoms with Gasteiger partial charge in [-0.3, -0.25) is 14.9 Å². The van der Waals surface area contributed by atoms with Crippen LogP contribution < -0.4 is 5.32 Å². The number of alkyl halides is 1. The maximum Gasteiger partial charge on any atom is 0.216 e. The van der Waals surface area contributed by atoms with Crippen LogP contribution in [-0.4, -0.2) is 12.1 Å². The maximum absolute atomic E-state index is 11.3. The number of nitrogens with one attached hydrogen (secondary N) is 1. The highest BCUT2D eigenvalue weighted by atomic mass is 127. The summed E-state index contributed by atoms with van der Waals surface area (Å²) in [5.74, 6) is -0.406. The van der Waals surface area contributed by atoms with E-state index in [1.54, 1.807) is 0 Å². The fraction of sp³-hybridized carbons (Fsp3) is 0.200. The first-order valence-corrected chi connectivity index (χ1v) is 5.46. The summed E-state index contributed by atoms with van der Waals surface area (Å²) < 4.78 is 0.109. The normalized spacial score (nSPS) is 24.4. The molecule has 0 bridgehead atoms. The summed E-state index contributed by atoms with van der Waals surface area (Å²) in [6.07, 6.45) is 0.378. The molecule has 0 saturated carbocycles. The highest BCUT2D eigenvalue weighted by molar-refractivity contribution is 14.1. The van der Waals surface area contributed by atoms with Crippen LogP contribution in [0.5, 0.6) is 0 Å². The van der Waals surface area contributed by atoms with Crippen molar-refractivity contribution in [3.8, 4) is 0 Å². The molecule has 14 heavy (non-hydrogen) atoms. The Balaban J connectivity index is 2.43. The molecule has 0 spiro atoms. The van der Waals surface area contributed by atoms with Gasteiger partial charge in [0.05, 0.1) is 4.05 Å². The van der Waals surface area contributed by atoms with Crippen LogP contribution >= 0.6 is 22.6 Å². The minimum Gasteiger partial charge on any atom is -0.295 e. The van der Waals surface area contributed by atoms with E-state index < -0.39 is 11.8 Å². The van der Waals surface area contributed by atoms with Crippen molar-refractivity contribution >= 4 is 34.7 Å². The molecule has 1 aromatic rings. The third-order valence-electron chi connectivity index (χ3n) is 2.29. The molecule has 1 aliphatic rings. The lowest BCUT2D eigenvalue weighted by Crippen LogP contribution is -2.23. The number of Topliss-reactive ketones (excluding diaryl/α,β-unsaturated/α-hetero) is 1. The second-order valence-electron chi connectivity index (χ2n) is 3.11. The van der Waals surface area contributed by atoms with Crippen molar-refractivity contribution in [3.63, 3.8) is 0 Å². The second kappa shape index (κ2) is 3.78. The summed E-state index contributed by atoms with van der Waals surface area (Å²) in [4.78, 5) is 21.7. The lowest BCUT2D eigenvalue weighted by atomic mass is 10.0. The van der Waals surface area contributed by atoms with Crippen LogP contribution in [0, 0.1) is 0 Å². The summed E-state index contributed by atoms with van der Waals surface area (Å²) in [5.41, 5.74) is 2.01. The number of halogens is 1. The van der Waals surface area contributed by atoms with E-state index in [4.69, 9.17) is 0 Å². The number of carbonyl (C=O) groups is 2. The smallest absolute Gasteiger partial charge is 0.216 e. The summed E-state index contributed by atoms with van der Waals surface area (Å²) in [5, 5.41) is 3.08. The van der Waals surface area contributed by atoms with Crippen molar-refractivity contribution in [2.45, 2.75) is 10.1 Å². The number of benzene rings is 1. The molecule has 0 saturated heterocycles. The van der Waals surface area contributed by atoms with Crippen molar-refractivity contribution in [3.05, 3.63) is 35.4 Å². The Morgan fingerprint density at radius 1 is 1.36 bits per heavy atom. The molecule has 0 amide bonds. The number of rotatable bonds is 2. The minimum absolute atomic E-state index is 0.109. The molecule has 72 valence electrons. The summed E-state index contributed by atoms with van der Waals surface area (Å²) >= 11 is 2.21. The van der Waals surface area contributed by atoms with E-state index in [9.17, 15) is 9.59 Å². The monoisotopic (exact) mass is 301 g/mol. The van der Waals surface area contributed by atoms with Gasteiger partial charge in [-0.25, -0.2) is 0 Å². The Kier molecular flexibility index (Phi) is 2.64. The average Bonchev–Trinajstić information content (AvgIpc) is 2.56. The molecule has 1 heterocycles. The lowest BCUT2D eigenvalue weighted by molar-refractivity contribution is -0.131. The zero-order valence-corrected chi connectivity index (χ0v) is 9.39. The second-order valence-corrected chi connectivity index (χ2v) is 4.36. The fourth-order valence-corrected chi connectivity index (χ4v) is 2.56. The molecule has 3 nitrogen and oxygen atoms in total. The Bertz CT molecular complexity index is 391. The summed E-state index contributed by atoms with van der Waals surface area (Å²) in [7, 11) is 0. The lowest BCUT2D eigenvalue weighted by Gasteiger charge is -2.06. The van der Waals surface area contributed by atoms with E-state index in [0.29, 0.717) is 6.29 Å². The van der Waals surface area contributed by atoms with Crippen molar-refractivity contribution in [2.24, 2.45) is 0 Å². The zero-order valence-electron chi connectivity index (χ0n) is 7.24. The first-order chi connectivity index (χ1) is 6.74. The van der Waals surface area contributed by atoms with Crippen molar-refractivity contribution in [1.29, 1.82) is 0 Å². The van der Waals surface area contributed by atoms with E-state index in [0.717, 1.165) is 11.1 Å². The van der Waals surface area contributed by atoms with Gasteiger partial charge >= 0.3 is 0 Å². The molecule has 0 aliphatic carbocycles. The first-order valence-electron chi connectivity index (χ1n) is 4.22. The molecule has 0 aromatic heterocycles. The van der Waals surface area contributed by atoms with Gasteiger partial charge in [0.15, 0.2) is 6.29 Å². The van der Waals surface area contributed by atoms with E-state index in [2.05, 4.69) is 27.9 Å². The summed E-state index contributed by atoms with van der Waals surface area (Å²) in [6, 6.07) is 7.20. The van der Waals surface area contributed by atoms with Gasteiger partial charge in [0, 0.05) is 0 Å². The van der Waals surface area contributed by atoms with E-state index in [1.807, 2.05) is 24.3 Å². The quantitative estimate of drug-likeness (QED) is 0.296. The van der Waals surface area contributed by atoms with Gasteiger partial charge in [-0.1, -0.05) is 46.9 Å². The molecular formula is C10H8INO2. The fourth-order valence-electron chi connectivity index (χ4n) is 1.63. The van der Waals surface area contributed by atoms with Crippen LogP contribution in [-0.2, 0) is 9.59 Å².